The van der Waals surface area contributed by atoms with Gasteiger partial charge >= 0.3 is 6.43 Å². The third-order valence-electron chi connectivity index (χ3n) is 7.16. The van der Waals surface area contributed by atoms with Crippen LogP contribution in [0, 0.1) is 11.6 Å². The topological polar surface area (TPSA) is 82.8 Å². The van der Waals surface area contributed by atoms with E-state index in [0.717, 1.165) is 39.3 Å². The molecule has 0 N–H and O–H groups in total. The van der Waals surface area contributed by atoms with E-state index in [1.807, 2.05) is 19.1 Å². The molecule has 0 bridgehead atoms. The van der Waals surface area contributed by atoms with Crippen LogP contribution in [0.5, 0.6) is 0 Å². The SMILES string of the molecule is CC(=O)N1CCS(=O)CC1.CCN1CCN(Cc2ccc(F)cc2)CC1.CCc1ccc(-c2nnc(C(F)F)o2)cc1F. The lowest BCUT2D eigenvalue weighted by Gasteiger charge is -2.34. The van der Waals surface area contributed by atoms with Gasteiger partial charge in [0.05, 0.1) is 0 Å². The Labute approximate surface area is 252 Å². The van der Waals surface area contributed by atoms with E-state index in [9.17, 15) is 26.6 Å². The molecule has 0 atom stereocenters. The predicted octanol–water partition coefficient (Wildman–Crippen LogP) is 4.94. The number of hydrogen-bond acceptors (Lipinski definition) is 7. The molecule has 1 aromatic heterocycles. The summed E-state index contributed by atoms with van der Waals surface area (Å²) in [4.78, 5) is 17.4. The van der Waals surface area contributed by atoms with Crippen molar-refractivity contribution >= 4 is 16.7 Å². The van der Waals surface area contributed by atoms with Gasteiger partial charge in [-0.25, -0.2) is 8.78 Å². The van der Waals surface area contributed by atoms with Gasteiger partial charge in [-0.05, 0) is 48.4 Å². The second-order valence-electron chi connectivity index (χ2n) is 10.1. The van der Waals surface area contributed by atoms with Crippen molar-refractivity contribution in [2.45, 2.75) is 40.2 Å². The summed E-state index contributed by atoms with van der Waals surface area (Å²) in [6.45, 7) is 13.5. The molecule has 0 aliphatic carbocycles. The minimum absolute atomic E-state index is 0.0942. The van der Waals surface area contributed by atoms with Crippen LogP contribution in [-0.4, -0.2) is 92.3 Å². The van der Waals surface area contributed by atoms with Gasteiger partial charge in [0.25, 0.3) is 5.89 Å². The molecule has 0 saturated carbocycles. The molecule has 2 saturated heterocycles. The summed E-state index contributed by atoms with van der Waals surface area (Å²) in [6, 6.07) is 11.2. The van der Waals surface area contributed by atoms with E-state index in [1.54, 1.807) is 24.0 Å². The number of likely N-dealkylation sites (N-methyl/N-ethyl adjacent to an activating group) is 1. The highest BCUT2D eigenvalue weighted by molar-refractivity contribution is 7.85. The summed E-state index contributed by atoms with van der Waals surface area (Å²) >= 11 is 0. The maximum atomic E-state index is 13.5. The molecular formula is C30H39F4N5O3S. The first-order valence-electron chi connectivity index (χ1n) is 14.3. The van der Waals surface area contributed by atoms with Crippen LogP contribution in [0.15, 0.2) is 46.9 Å². The van der Waals surface area contributed by atoms with Crippen LogP contribution in [0.25, 0.3) is 11.5 Å². The standard InChI is InChI=1S/C13H19FN2.C11H9F3N2O.C6H11NO2S/c1-2-15-7-9-16(10-8-15)11-12-3-5-13(14)6-4-12;1-2-6-3-4-7(5-8(6)12)10-15-16-11(17-10)9(13)14;1-6(8)7-2-4-10(9)5-3-7/h3-6H,2,7-11H2,1H3;3-5,9H,2H2,1H3;2-5H2,1H3. The number of amides is 1. The Bertz CT molecular complexity index is 1310. The number of piperazine rings is 1. The smallest absolute Gasteiger partial charge is 0.314 e. The number of hydrogen-bond donors (Lipinski definition) is 0. The fourth-order valence-corrected chi connectivity index (χ4v) is 5.52. The molecule has 3 heterocycles. The van der Waals surface area contributed by atoms with Crippen molar-refractivity contribution in [2.24, 2.45) is 0 Å². The number of aromatic nitrogens is 2. The maximum absolute atomic E-state index is 13.5. The number of carbonyl (C=O) groups excluding carboxylic acids is 1. The normalized spacial score (nSPS) is 16.3. The summed E-state index contributed by atoms with van der Waals surface area (Å²) in [5, 5.41) is 6.62. The Morgan fingerprint density at radius 2 is 1.56 bits per heavy atom. The highest BCUT2D eigenvalue weighted by atomic mass is 32.2. The first kappa shape index (κ1) is 34.3. The third kappa shape index (κ3) is 11.1. The quantitative estimate of drug-likeness (QED) is 0.359. The summed E-state index contributed by atoms with van der Waals surface area (Å²) < 4.78 is 66.2. The molecule has 0 spiro atoms. The molecule has 1 amide bonds. The average molecular weight is 626 g/mol. The minimum atomic E-state index is -2.82. The van der Waals surface area contributed by atoms with E-state index >= 15 is 0 Å². The van der Waals surface area contributed by atoms with E-state index in [-0.39, 0.29) is 17.6 Å². The van der Waals surface area contributed by atoms with E-state index < -0.39 is 28.9 Å². The van der Waals surface area contributed by atoms with Crippen molar-refractivity contribution in [1.29, 1.82) is 0 Å². The van der Waals surface area contributed by atoms with E-state index in [0.29, 0.717) is 42.1 Å². The van der Waals surface area contributed by atoms with Crippen molar-refractivity contribution in [2.75, 3.05) is 57.3 Å². The molecule has 43 heavy (non-hydrogen) atoms. The van der Waals surface area contributed by atoms with Gasteiger partial charge in [0, 0.05) is 80.6 Å². The van der Waals surface area contributed by atoms with Gasteiger partial charge in [0.1, 0.15) is 11.6 Å². The maximum Gasteiger partial charge on any atom is 0.314 e. The van der Waals surface area contributed by atoms with Gasteiger partial charge < -0.3 is 14.2 Å². The number of halogens is 4. The van der Waals surface area contributed by atoms with Gasteiger partial charge in [-0.2, -0.15) is 8.78 Å². The van der Waals surface area contributed by atoms with Gasteiger partial charge in [-0.3, -0.25) is 13.9 Å². The Balaban J connectivity index is 0.000000183. The molecular weight excluding hydrogens is 586 g/mol. The monoisotopic (exact) mass is 625 g/mol. The number of carbonyl (C=O) groups is 1. The Kier molecular flexibility index (Phi) is 13.7. The Hall–Kier alpha value is -3.16. The number of nitrogens with zero attached hydrogens (tertiary/aromatic N) is 5. The molecule has 8 nitrogen and oxygen atoms in total. The number of aryl methyl sites for hydroxylation is 1. The van der Waals surface area contributed by atoms with Gasteiger partial charge in [0.15, 0.2) is 0 Å². The van der Waals surface area contributed by atoms with Crippen LogP contribution >= 0.6 is 0 Å². The Morgan fingerprint density at radius 1 is 0.930 bits per heavy atom. The second kappa shape index (κ2) is 17.2. The zero-order valence-electron chi connectivity index (χ0n) is 24.8. The number of alkyl halides is 2. The molecule has 2 aliphatic heterocycles. The van der Waals surface area contributed by atoms with Crippen molar-refractivity contribution in [3.63, 3.8) is 0 Å². The molecule has 0 unspecified atom stereocenters. The Morgan fingerprint density at radius 3 is 2.07 bits per heavy atom. The molecule has 236 valence electrons. The van der Waals surface area contributed by atoms with Crippen LogP contribution in [0.1, 0.15) is 44.2 Å². The molecule has 2 aromatic carbocycles. The van der Waals surface area contributed by atoms with E-state index in [1.165, 1.54) is 23.8 Å². The lowest BCUT2D eigenvalue weighted by atomic mass is 10.1. The summed E-state index contributed by atoms with van der Waals surface area (Å²) in [6.07, 6.45) is -2.27. The van der Waals surface area contributed by atoms with Gasteiger partial charge in [0.2, 0.25) is 11.8 Å². The van der Waals surface area contributed by atoms with Crippen LogP contribution in [0.3, 0.4) is 0 Å². The van der Waals surface area contributed by atoms with E-state index in [4.69, 9.17) is 4.42 Å². The zero-order chi connectivity index (χ0) is 31.4. The fourth-order valence-electron chi connectivity index (χ4n) is 4.47. The van der Waals surface area contributed by atoms with Crippen LogP contribution in [0.2, 0.25) is 0 Å². The molecule has 2 aliphatic rings. The summed E-state index contributed by atoms with van der Waals surface area (Å²) in [5.41, 5.74) is 2.03. The van der Waals surface area contributed by atoms with Crippen molar-refractivity contribution in [3.8, 4) is 11.5 Å². The highest BCUT2D eigenvalue weighted by Gasteiger charge is 2.18. The van der Waals surface area contributed by atoms with Crippen molar-refractivity contribution in [3.05, 3.63) is 71.1 Å². The predicted molar refractivity (Wildman–Crippen MR) is 158 cm³/mol. The zero-order valence-corrected chi connectivity index (χ0v) is 25.6. The van der Waals surface area contributed by atoms with Gasteiger partial charge in [-0.15, -0.1) is 10.2 Å². The first-order chi connectivity index (χ1) is 20.6. The molecule has 2 fully saturated rings. The second-order valence-corrected chi connectivity index (χ2v) is 11.8. The minimum Gasteiger partial charge on any atom is -0.415 e. The lowest BCUT2D eigenvalue weighted by Crippen LogP contribution is -2.45. The van der Waals surface area contributed by atoms with Crippen LogP contribution in [0.4, 0.5) is 17.6 Å². The van der Waals surface area contributed by atoms with Crippen LogP contribution < -0.4 is 0 Å². The number of benzene rings is 2. The largest absolute Gasteiger partial charge is 0.415 e. The van der Waals surface area contributed by atoms with Crippen LogP contribution in [-0.2, 0) is 28.6 Å². The third-order valence-corrected chi connectivity index (χ3v) is 8.44. The average Bonchev–Trinajstić information content (AvgIpc) is 3.51. The summed E-state index contributed by atoms with van der Waals surface area (Å²) in [5.74, 6) is -0.0426. The lowest BCUT2D eigenvalue weighted by molar-refractivity contribution is -0.128. The first-order valence-corrected chi connectivity index (χ1v) is 15.8. The molecule has 13 heteroatoms. The van der Waals surface area contributed by atoms with Gasteiger partial charge in [-0.1, -0.05) is 32.0 Å². The van der Waals surface area contributed by atoms with E-state index in [2.05, 4.69) is 26.9 Å². The highest BCUT2D eigenvalue weighted by Crippen LogP contribution is 2.24. The van der Waals surface area contributed by atoms with Crippen molar-refractivity contribution in [1.82, 2.24) is 24.9 Å². The number of rotatable bonds is 6. The summed E-state index contributed by atoms with van der Waals surface area (Å²) in [7, 11) is -0.671. The fraction of sp³-hybridized carbons (Fsp3) is 0.500. The molecule has 0 radical (unpaired) electrons. The molecule has 3 aromatic rings. The molecule has 5 rings (SSSR count). The van der Waals surface area contributed by atoms with Crippen molar-refractivity contribution < 1.29 is 31.0 Å².